The largest absolute Gasteiger partial charge is 0.508 e. The van der Waals surface area contributed by atoms with Gasteiger partial charge in [-0.25, -0.2) is 0 Å². The minimum Gasteiger partial charge on any atom is -0.508 e. The zero-order valence-electron chi connectivity index (χ0n) is 16.0. The van der Waals surface area contributed by atoms with Gasteiger partial charge in [0.1, 0.15) is 11.5 Å². The van der Waals surface area contributed by atoms with Gasteiger partial charge in [-0.05, 0) is 48.9 Å². The highest BCUT2D eigenvalue weighted by molar-refractivity contribution is 6.51. The van der Waals surface area contributed by atoms with Crippen LogP contribution in [0.1, 0.15) is 22.7 Å². The Bertz CT molecular complexity index is 1170. The Hall–Kier alpha value is -3.57. The number of hydrogen-bond acceptors (Lipinski definition) is 4. The van der Waals surface area contributed by atoms with Crippen LogP contribution < -0.4 is 4.90 Å². The second-order valence-corrected chi connectivity index (χ2v) is 7.54. The number of amides is 1. The molecule has 6 heteroatoms. The van der Waals surface area contributed by atoms with Crippen LogP contribution >= 0.6 is 11.6 Å². The fraction of sp³-hybridized carbons (Fsp3) is 0.0833. The summed E-state index contributed by atoms with van der Waals surface area (Å²) in [6, 6.07) is 18.9. The lowest BCUT2D eigenvalue weighted by Gasteiger charge is -2.25. The van der Waals surface area contributed by atoms with Crippen molar-refractivity contribution in [2.45, 2.75) is 13.0 Å². The summed E-state index contributed by atoms with van der Waals surface area (Å²) in [4.78, 5) is 27.3. The first-order valence-corrected chi connectivity index (χ1v) is 9.67. The van der Waals surface area contributed by atoms with E-state index in [9.17, 15) is 19.8 Å². The molecule has 150 valence electrons. The molecule has 2 N–H and O–H groups in total. The van der Waals surface area contributed by atoms with Crippen LogP contribution in [0.3, 0.4) is 0 Å². The van der Waals surface area contributed by atoms with Crippen molar-refractivity contribution in [3.05, 3.63) is 100 Å². The van der Waals surface area contributed by atoms with Gasteiger partial charge < -0.3 is 10.2 Å². The number of anilines is 1. The van der Waals surface area contributed by atoms with Gasteiger partial charge in [-0.3, -0.25) is 14.5 Å². The highest BCUT2D eigenvalue weighted by Crippen LogP contribution is 2.42. The average Bonchev–Trinajstić information content (AvgIpc) is 3.00. The fourth-order valence-electron chi connectivity index (χ4n) is 3.58. The molecule has 3 aromatic carbocycles. The third-order valence-corrected chi connectivity index (χ3v) is 5.31. The van der Waals surface area contributed by atoms with Gasteiger partial charge in [0, 0.05) is 16.3 Å². The highest BCUT2D eigenvalue weighted by atomic mass is 35.5. The third kappa shape index (κ3) is 3.44. The number of carbonyl (C=O) groups excluding carboxylic acids is 2. The summed E-state index contributed by atoms with van der Waals surface area (Å²) in [5.41, 5.74) is 2.34. The van der Waals surface area contributed by atoms with Gasteiger partial charge in [0.15, 0.2) is 0 Å². The lowest BCUT2D eigenvalue weighted by Crippen LogP contribution is -2.29. The van der Waals surface area contributed by atoms with Crippen molar-refractivity contribution < 1.29 is 19.8 Å². The molecular weight excluding hydrogens is 402 g/mol. The summed E-state index contributed by atoms with van der Waals surface area (Å²) in [6.45, 7) is 1.91. The van der Waals surface area contributed by atoms with Crippen molar-refractivity contribution in [3.8, 4) is 5.75 Å². The topological polar surface area (TPSA) is 77.8 Å². The first-order chi connectivity index (χ1) is 14.4. The molecule has 1 aliphatic heterocycles. The molecule has 1 aliphatic rings. The lowest BCUT2D eigenvalue weighted by atomic mass is 9.94. The molecule has 0 aromatic heterocycles. The number of aromatic hydroxyl groups is 1. The standard InChI is InChI=1S/C24H18ClNO4/c1-14-5-7-15(8-6-14)22(28)20-21(16-3-2-4-19(27)13-16)26(24(30)23(20)29)18-11-9-17(25)10-12-18/h2-13,21,27-28H,1H3/t21-/m0/s1. The first kappa shape index (κ1) is 19.7. The summed E-state index contributed by atoms with van der Waals surface area (Å²) in [6.07, 6.45) is 0. The maximum Gasteiger partial charge on any atom is 0.300 e. The van der Waals surface area contributed by atoms with Gasteiger partial charge in [0.05, 0.1) is 11.6 Å². The highest BCUT2D eigenvalue weighted by Gasteiger charge is 2.47. The van der Waals surface area contributed by atoms with E-state index < -0.39 is 17.7 Å². The number of aliphatic hydroxyl groups excluding tert-OH is 1. The number of halogens is 1. The third-order valence-electron chi connectivity index (χ3n) is 5.06. The number of benzene rings is 3. The van der Waals surface area contributed by atoms with E-state index in [-0.39, 0.29) is 17.1 Å². The Labute approximate surface area is 178 Å². The molecule has 5 nitrogen and oxygen atoms in total. The summed E-state index contributed by atoms with van der Waals surface area (Å²) in [5.74, 6) is -1.83. The second-order valence-electron chi connectivity index (χ2n) is 7.11. The summed E-state index contributed by atoms with van der Waals surface area (Å²) in [7, 11) is 0. The lowest BCUT2D eigenvalue weighted by molar-refractivity contribution is -0.132. The molecule has 0 radical (unpaired) electrons. The van der Waals surface area contributed by atoms with Gasteiger partial charge in [-0.15, -0.1) is 0 Å². The van der Waals surface area contributed by atoms with E-state index in [0.29, 0.717) is 21.8 Å². The fourth-order valence-corrected chi connectivity index (χ4v) is 3.70. The number of phenols is 1. The van der Waals surface area contributed by atoms with Crippen molar-refractivity contribution in [2.75, 3.05) is 4.90 Å². The molecule has 0 bridgehead atoms. The number of aliphatic hydroxyl groups is 1. The summed E-state index contributed by atoms with van der Waals surface area (Å²) >= 11 is 5.98. The molecule has 1 amide bonds. The number of phenolic OH excluding ortho intramolecular Hbond substituents is 1. The Morgan fingerprint density at radius 1 is 0.967 bits per heavy atom. The van der Waals surface area contributed by atoms with Crippen LogP contribution in [-0.2, 0) is 9.59 Å². The molecule has 0 aliphatic carbocycles. The molecule has 1 heterocycles. The zero-order chi connectivity index (χ0) is 21.4. The number of carbonyl (C=O) groups is 2. The van der Waals surface area contributed by atoms with E-state index in [1.807, 2.05) is 19.1 Å². The molecule has 4 rings (SSSR count). The quantitative estimate of drug-likeness (QED) is 0.356. The second kappa shape index (κ2) is 7.69. The normalized spacial score (nSPS) is 18.1. The van der Waals surface area contributed by atoms with Crippen molar-refractivity contribution in [1.29, 1.82) is 0 Å². The first-order valence-electron chi connectivity index (χ1n) is 9.29. The Morgan fingerprint density at radius 2 is 1.63 bits per heavy atom. The molecular formula is C24H18ClNO4. The van der Waals surface area contributed by atoms with E-state index >= 15 is 0 Å². The minimum absolute atomic E-state index is 0.00969. The number of aryl methyl sites for hydroxylation is 1. The van der Waals surface area contributed by atoms with Gasteiger partial charge >= 0.3 is 0 Å². The Kier molecular flexibility index (Phi) is 5.06. The molecule has 1 fully saturated rings. The van der Waals surface area contributed by atoms with Crippen LogP contribution in [0.5, 0.6) is 5.75 Å². The predicted molar refractivity (Wildman–Crippen MR) is 116 cm³/mol. The molecule has 3 aromatic rings. The Morgan fingerprint density at radius 3 is 2.27 bits per heavy atom. The number of rotatable bonds is 3. The average molecular weight is 420 g/mol. The predicted octanol–water partition coefficient (Wildman–Crippen LogP) is 4.98. The van der Waals surface area contributed by atoms with E-state index in [0.717, 1.165) is 5.56 Å². The van der Waals surface area contributed by atoms with Crippen LogP contribution in [0.2, 0.25) is 5.02 Å². The molecule has 1 saturated heterocycles. The molecule has 0 unspecified atom stereocenters. The summed E-state index contributed by atoms with van der Waals surface area (Å²) in [5, 5.41) is 21.5. The van der Waals surface area contributed by atoms with Crippen LogP contribution in [0.15, 0.2) is 78.4 Å². The minimum atomic E-state index is -0.903. The van der Waals surface area contributed by atoms with Crippen LogP contribution in [-0.4, -0.2) is 21.9 Å². The maximum absolute atomic E-state index is 13.0. The maximum atomic E-state index is 13.0. The van der Waals surface area contributed by atoms with Gasteiger partial charge in [-0.2, -0.15) is 0 Å². The van der Waals surface area contributed by atoms with E-state index in [2.05, 4.69) is 0 Å². The molecule has 0 saturated carbocycles. The monoisotopic (exact) mass is 419 g/mol. The molecule has 0 spiro atoms. The van der Waals surface area contributed by atoms with Crippen molar-refractivity contribution >= 4 is 34.7 Å². The van der Waals surface area contributed by atoms with Gasteiger partial charge in [0.2, 0.25) is 0 Å². The number of nitrogens with zero attached hydrogens (tertiary/aromatic N) is 1. The van der Waals surface area contributed by atoms with Crippen molar-refractivity contribution in [3.63, 3.8) is 0 Å². The van der Waals surface area contributed by atoms with Gasteiger partial charge in [0.25, 0.3) is 11.7 Å². The smallest absolute Gasteiger partial charge is 0.300 e. The van der Waals surface area contributed by atoms with Gasteiger partial charge in [-0.1, -0.05) is 53.6 Å². The van der Waals surface area contributed by atoms with Crippen LogP contribution in [0.25, 0.3) is 5.76 Å². The van der Waals surface area contributed by atoms with E-state index in [1.165, 1.54) is 17.0 Å². The summed E-state index contributed by atoms with van der Waals surface area (Å²) < 4.78 is 0. The van der Waals surface area contributed by atoms with Crippen molar-refractivity contribution in [2.24, 2.45) is 0 Å². The Balaban J connectivity index is 1.95. The number of ketones is 1. The van der Waals surface area contributed by atoms with Crippen molar-refractivity contribution in [1.82, 2.24) is 0 Å². The number of hydrogen-bond donors (Lipinski definition) is 2. The SMILES string of the molecule is Cc1ccc(C(O)=C2C(=O)C(=O)N(c3ccc(Cl)cc3)[C@H]2c2cccc(O)c2)cc1. The number of Topliss-reactive ketones (excluding diaryl/α,β-unsaturated/α-hetero) is 1. The van der Waals surface area contributed by atoms with E-state index in [1.54, 1.807) is 48.5 Å². The molecule has 30 heavy (non-hydrogen) atoms. The zero-order valence-corrected chi connectivity index (χ0v) is 16.8. The van der Waals surface area contributed by atoms with Crippen LogP contribution in [0, 0.1) is 6.92 Å². The molecule has 1 atom stereocenters. The van der Waals surface area contributed by atoms with Crippen LogP contribution in [0.4, 0.5) is 5.69 Å². The van der Waals surface area contributed by atoms with E-state index in [4.69, 9.17) is 11.6 Å².